The van der Waals surface area contributed by atoms with E-state index >= 15 is 0 Å². The van der Waals surface area contributed by atoms with Gasteiger partial charge in [-0.05, 0) is 48.4 Å². The second kappa shape index (κ2) is 7.31. The van der Waals surface area contributed by atoms with Gasteiger partial charge in [-0.1, -0.05) is 12.1 Å². The first-order valence-corrected chi connectivity index (χ1v) is 8.24. The molecule has 0 spiro atoms. The van der Waals surface area contributed by atoms with Crippen molar-refractivity contribution in [1.82, 2.24) is 4.98 Å². The van der Waals surface area contributed by atoms with Gasteiger partial charge in [-0.15, -0.1) is 11.3 Å². The molecule has 0 atom stereocenters. The van der Waals surface area contributed by atoms with Gasteiger partial charge < -0.3 is 5.32 Å². The van der Waals surface area contributed by atoms with E-state index in [1.165, 1.54) is 35.6 Å². The summed E-state index contributed by atoms with van der Waals surface area (Å²) in [6, 6.07) is 12.1. The molecule has 0 bridgehead atoms. The van der Waals surface area contributed by atoms with Crippen molar-refractivity contribution in [2.75, 3.05) is 5.32 Å². The van der Waals surface area contributed by atoms with Crippen LogP contribution in [-0.4, -0.2) is 10.9 Å². The van der Waals surface area contributed by atoms with Crippen LogP contribution in [0.25, 0.3) is 11.3 Å². The molecule has 0 saturated heterocycles. The molecule has 0 aliphatic carbocycles. The van der Waals surface area contributed by atoms with Crippen molar-refractivity contribution in [2.24, 2.45) is 0 Å². The molecule has 0 saturated carbocycles. The fourth-order valence-electron chi connectivity index (χ4n) is 2.18. The predicted octanol–water partition coefficient (Wildman–Crippen LogP) is 4.66. The Morgan fingerprint density at radius 1 is 1.00 bits per heavy atom. The highest BCUT2D eigenvalue weighted by molar-refractivity contribution is 7.14. The van der Waals surface area contributed by atoms with Crippen molar-refractivity contribution in [3.05, 3.63) is 71.1 Å². The topological polar surface area (TPSA) is 42.0 Å². The minimum Gasteiger partial charge on any atom is -0.302 e. The van der Waals surface area contributed by atoms with Crippen molar-refractivity contribution >= 4 is 22.4 Å². The summed E-state index contributed by atoms with van der Waals surface area (Å²) in [5.74, 6) is -0.748. The van der Waals surface area contributed by atoms with E-state index in [2.05, 4.69) is 10.3 Å². The van der Waals surface area contributed by atoms with E-state index in [9.17, 15) is 13.6 Å². The molecule has 0 fully saturated rings. The van der Waals surface area contributed by atoms with E-state index in [1.54, 1.807) is 24.3 Å². The number of nitrogens with zero attached hydrogens (tertiary/aromatic N) is 1. The Morgan fingerprint density at radius 2 is 1.62 bits per heavy atom. The molecule has 1 amide bonds. The molecular weight excluding hydrogens is 330 g/mol. The molecule has 3 nitrogen and oxygen atoms in total. The highest BCUT2D eigenvalue weighted by Crippen LogP contribution is 2.25. The van der Waals surface area contributed by atoms with Gasteiger partial charge in [0.25, 0.3) is 0 Å². The summed E-state index contributed by atoms with van der Waals surface area (Å²) in [6.45, 7) is 0. The predicted molar refractivity (Wildman–Crippen MR) is 90.9 cm³/mol. The molecule has 0 aliphatic rings. The van der Waals surface area contributed by atoms with Crippen LogP contribution in [0.5, 0.6) is 0 Å². The van der Waals surface area contributed by atoms with Gasteiger partial charge in [0.15, 0.2) is 5.13 Å². The summed E-state index contributed by atoms with van der Waals surface area (Å²) in [7, 11) is 0. The molecule has 6 heteroatoms. The molecule has 3 aromatic rings. The molecule has 0 aliphatic heterocycles. The second-order valence-electron chi connectivity index (χ2n) is 5.22. The number of carbonyl (C=O) groups excluding carboxylic acids is 1. The van der Waals surface area contributed by atoms with E-state index in [-0.39, 0.29) is 24.0 Å². The molecule has 122 valence electrons. The Hall–Kier alpha value is -2.60. The fourth-order valence-corrected chi connectivity index (χ4v) is 2.91. The Balaban J connectivity index is 1.57. The standard InChI is InChI=1S/C18H14F2N2OS/c19-14-6-1-12(2-7-14)3-10-17(23)22-18-21-16(11-24-18)13-4-8-15(20)9-5-13/h1-2,4-9,11H,3,10H2,(H,21,22,23). The van der Waals surface area contributed by atoms with Crippen molar-refractivity contribution < 1.29 is 13.6 Å². The zero-order valence-corrected chi connectivity index (χ0v) is 13.4. The van der Waals surface area contributed by atoms with Gasteiger partial charge in [-0.25, -0.2) is 13.8 Å². The van der Waals surface area contributed by atoms with Gasteiger partial charge in [0.05, 0.1) is 5.69 Å². The first kappa shape index (κ1) is 16.3. The van der Waals surface area contributed by atoms with E-state index in [1.807, 2.05) is 5.38 Å². The largest absolute Gasteiger partial charge is 0.302 e. The van der Waals surface area contributed by atoms with E-state index in [0.717, 1.165) is 11.1 Å². The highest BCUT2D eigenvalue weighted by Gasteiger charge is 2.08. The van der Waals surface area contributed by atoms with Crippen LogP contribution in [0.15, 0.2) is 53.9 Å². The number of aromatic nitrogens is 1. The average Bonchev–Trinajstić information content (AvgIpc) is 3.03. The number of nitrogens with one attached hydrogen (secondary N) is 1. The third kappa shape index (κ3) is 4.23. The molecule has 1 heterocycles. The summed E-state index contributed by atoms with van der Waals surface area (Å²) >= 11 is 1.31. The molecule has 0 unspecified atom stereocenters. The monoisotopic (exact) mass is 344 g/mol. The van der Waals surface area contributed by atoms with Gasteiger partial charge in [-0.2, -0.15) is 0 Å². The minimum atomic E-state index is -0.303. The lowest BCUT2D eigenvalue weighted by atomic mass is 10.1. The molecule has 24 heavy (non-hydrogen) atoms. The lowest BCUT2D eigenvalue weighted by Crippen LogP contribution is -2.12. The maximum Gasteiger partial charge on any atom is 0.226 e. The number of halogens is 2. The maximum absolute atomic E-state index is 12.9. The lowest BCUT2D eigenvalue weighted by Gasteiger charge is -2.02. The van der Waals surface area contributed by atoms with Crippen molar-refractivity contribution in [3.8, 4) is 11.3 Å². The fraction of sp³-hybridized carbons (Fsp3) is 0.111. The molecule has 2 aromatic carbocycles. The Bertz CT molecular complexity index is 829. The quantitative estimate of drug-likeness (QED) is 0.731. The van der Waals surface area contributed by atoms with Crippen LogP contribution in [0.2, 0.25) is 0 Å². The number of anilines is 1. The molecule has 3 rings (SSSR count). The van der Waals surface area contributed by atoms with Crippen LogP contribution >= 0.6 is 11.3 Å². The number of hydrogen-bond acceptors (Lipinski definition) is 3. The van der Waals surface area contributed by atoms with Gasteiger partial charge in [-0.3, -0.25) is 4.79 Å². The second-order valence-corrected chi connectivity index (χ2v) is 6.08. The molecule has 1 N–H and O–H groups in total. The summed E-state index contributed by atoms with van der Waals surface area (Å²) in [4.78, 5) is 16.3. The highest BCUT2D eigenvalue weighted by atomic mass is 32.1. The van der Waals surface area contributed by atoms with Gasteiger partial charge in [0.2, 0.25) is 5.91 Å². The number of rotatable bonds is 5. The number of hydrogen-bond donors (Lipinski definition) is 1. The molecule has 1 aromatic heterocycles. The lowest BCUT2D eigenvalue weighted by molar-refractivity contribution is -0.116. The summed E-state index contributed by atoms with van der Waals surface area (Å²) in [5.41, 5.74) is 2.38. The number of thiazole rings is 1. The van der Waals surface area contributed by atoms with Crippen molar-refractivity contribution in [1.29, 1.82) is 0 Å². The van der Waals surface area contributed by atoms with Crippen LogP contribution in [-0.2, 0) is 11.2 Å². The van der Waals surface area contributed by atoms with Crippen molar-refractivity contribution in [2.45, 2.75) is 12.8 Å². The van der Waals surface area contributed by atoms with Gasteiger partial charge >= 0.3 is 0 Å². The summed E-state index contributed by atoms with van der Waals surface area (Å²) in [6.07, 6.45) is 0.819. The molecule has 0 radical (unpaired) electrons. The zero-order valence-electron chi connectivity index (χ0n) is 12.6. The van der Waals surface area contributed by atoms with Crippen LogP contribution in [0.4, 0.5) is 13.9 Å². The zero-order chi connectivity index (χ0) is 16.9. The van der Waals surface area contributed by atoms with E-state index < -0.39 is 0 Å². The average molecular weight is 344 g/mol. The first-order chi connectivity index (χ1) is 11.6. The normalized spacial score (nSPS) is 10.6. The van der Waals surface area contributed by atoms with Gasteiger partial charge in [0.1, 0.15) is 11.6 Å². The van der Waals surface area contributed by atoms with Crippen LogP contribution < -0.4 is 5.32 Å². The van der Waals surface area contributed by atoms with E-state index in [4.69, 9.17) is 0 Å². The summed E-state index contributed by atoms with van der Waals surface area (Å²) in [5, 5.41) is 5.05. The first-order valence-electron chi connectivity index (χ1n) is 7.36. The van der Waals surface area contributed by atoms with Crippen LogP contribution in [0.3, 0.4) is 0 Å². The van der Waals surface area contributed by atoms with Gasteiger partial charge in [0, 0.05) is 17.4 Å². The number of amides is 1. The van der Waals surface area contributed by atoms with Crippen LogP contribution in [0.1, 0.15) is 12.0 Å². The summed E-state index contributed by atoms with van der Waals surface area (Å²) < 4.78 is 25.8. The maximum atomic E-state index is 12.9. The molecular formula is C18H14F2N2OS. The van der Waals surface area contributed by atoms with Crippen molar-refractivity contribution in [3.63, 3.8) is 0 Å². The van der Waals surface area contributed by atoms with E-state index in [0.29, 0.717) is 17.2 Å². The van der Waals surface area contributed by atoms with Crippen LogP contribution in [0, 0.1) is 11.6 Å². The SMILES string of the molecule is O=C(CCc1ccc(F)cc1)Nc1nc(-c2ccc(F)cc2)cs1. The Kier molecular flexibility index (Phi) is 4.96. The Labute approximate surface area is 142 Å². The smallest absolute Gasteiger partial charge is 0.226 e. The number of benzene rings is 2. The third-order valence-electron chi connectivity index (χ3n) is 3.44. The Morgan fingerprint density at radius 3 is 2.29 bits per heavy atom. The third-order valence-corrected chi connectivity index (χ3v) is 4.20. The minimum absolute atomic E-state index is 0.153. The number of carbonyl (C=O) groups is 1. The number of aryl methyl sites for hydroxylation is 1.